The lowest BCUT2D eigenvalue weighted by Crippen LogP contribution is -2.58. The maximum Gasteiger partial charge on any atom is 0.245 e. The molecule has 0 radical (unpaired) electrons. The molecule has 0 saturated carbocycles. The van der Waals surface area contributed by atoms with Crippen molar-refractivity contribution in [1.82, 2.24) is 19.4 Å². The van der Waals surface area contributed by atoms with Crippen LogP contribution in [0.5, 0.6) is 0 Å². The molecule has 2 N–H and O–H groups in total. The van der Waals surface area contributed by atoms with Crippen LogP contribution in [0, 0.1) is 11.8 Å². The van der Waals surface area contributed by atoms with Gasteiger partial charge < -0.3 is 20.2 Å². The number of amides is 2. The van der Waals surface area contributed by atoms with Crippen molar-refractivity contribution >= 4 is 21.8 Å². The lowest BCUT2D eigenvalue weighted by Gasteiger charge is -2.37. The summed E-state index contributed by atoms with van der Waals surface area (Å²) in [6.07, 6.45) is 0.397. The zero-order valence-electron chi connectivity index (χ0n) is 26.2. The minimum atomic E-state index is -3.90. The van der Waals surface area contributed by atoms with E-state index >= 15 is 0 Å². The highest BCUT2D eigenvalue weighted by molar-refractivity contribution is 7.89. The van der Waals surface area contributed by atoms with Crippen molar-refractivity contribution < 1.29 is 23.1 Å². The standard InChI is InChI=1S/C32H50N4O5S/c1-8-25(4)31(33-30(38)23-34(5)6)32(39)35(7)28(21-26-15-11-9-12-16-26)29(37)22-36(20-19-24(2)3)42(40,41)27-17-13-10-14-18-27/h9-18,24-25,28-29,31,37H,8,19-23H2,1-7H3,(H,33,38)/t25?,28-,29+,31-/m0/s1. The van der Waals surface area contributed by atoms with E-state index in [-0.39, 0.29) is 48.2 Å². The zero-order valence-corrected chi connectivity index (χ0v) is 27.0. The van der Waals surface area contributed by atoms with Gasteiger partial charge in [0.25, 0.3) is 0 Å². The predicted molar refractivity (Wildman–Crippen MR) is 167 cm³/mol. The predicted octanol–water partition coefficient (Wildman–Crippen LogP) is 3.25. The molecule has 0 aromatic heterocycles. The molecule has 4 atom stereocenters. The number of carbonyl (C=O) groups excluding carboxylic acids is 2. The first-order valence-electron chi connectivity index (χ1n) is 14.8. The largest absolute Gasteiger partial charge is 0.390 e. The number of carbonyl (C=O) groups is 2. The quantitative estimate of drug-likeness (QED) is 0.288. The second kappa shape index (κ2) is 16.7. The first-order chi connectivity index (χ1) is 19.8. The summed E-state index contributed by atoms with van der Waals surface area (Å²) in [6.45, 7) is 8.11. The van der Waals surface area contributed by atoms with Crippen LogP contribution in [0.15, 0.2) is 65.6 Å². The summed E-state index contributed by atoms with van der Waals surface area (Å²) in [6, 6.07) is 16.2. The van der Waals surface area contributed by atoms with Gasteiger partial charge in [-0.3, -0.25) is 9.59 Å². The Morgan fingerprint density at radius 1 is 0.929 bits per heavy atom. The van der Waals surface area contributed by atoms with Crippen LogP contribution in [0.1, 0.15) is 46.1 Å². The highest BCUT2D eigenvalue weighted by Crippen LogP contribution is 2.22. The molecule has 2 rings (SSSR count). The molecule has 0 spiro atoms. The van der Waals surface area contributed by atoms with Gasteiger partial charge in [-0.25, -0.2) is 8.42 Å². The molecule has 0 saturated heterocycles. The smallest absolute Gasteiger partial charge is 0.245 e. The van der Waals surface area contributed by atoms with Crippen LogP contribution >= 0.6 is 0 Å². The van der Waals surface area contributed by atoms with E-state index in [0.29, 0.717) is 19.3 Å². The molecule has 0 aliphatic heterocycles. The molecule has 9 nitrogen and oxygen atoms in total. The van der Waals surface area contributed by atoms with E-state index < -0.39 is 28.2 Å². The van der Waals surface area contributed by atoms with Crippen molar-refractivity contribution in [1.29, 1.82) is 0 Å². The van der Waals surface area contributed by atoms with Crippen molar-refractivity contribution in [2.24, 2.45) is 11.8 Å². The Bertz CT molecular complexity index is 1210. The van der Waals surface area contributed by atoms with Crippen LogP contribution in [0.25, 0.3) is 0 Å². The maximum absolute atomic E-state index is 14.0. The highest BCUT2D eigenvalue weighted by atomic mass is 32.2. The summed E-state index contributed by atoms with van der Waals surface area (Å²) in [5.41, 5.74) is 0.901. The number of likely N-dealkylation sites (N-methyl/N-ethyl adjacent to an activating group) is 2. The molecule has 2 amide bonds. The van der Waals surface area contributed by atoms with Gasteiger partial charge >= 0.3 is 0 Å². The van der Waals surface area contributed by atoms with Crippen LogP contribution in [-0.2, 0) is 26.0 Å². The van der Waals surface area contributed by atoms with Gasteiger partial charge in [-0.05, 0) is 56.5 Å². The summed E-state index contributed by atoms with van der Waals surface area (Å²) >= 11 is 0. The second-order valence-corrected chi connectivity index (χ2v) is 13.7. The van der Waals surface area contributed by atoms with Crippen molar-refractivity contribution in [3.05, 3.63) is 66.2 Å². The topological polar surface area (TPSA) is 110 Å². The lowest BCUT2D eigenvalue weighted by molar-refractivity contribution is -0.140. The first-order valence-corrected chi connectivity index (χ1v) is 16.2. The SMILES string of the molecule is CCC(C)[C@H](NC(=O)CN(C)C)C(=O)N(C)[C@@H](Cc1ccccc1)[C@H](O)CN(CCC(C)C)S(=O)(=O)c1ccccc1. The summed E-state index contributed by atoms with van der Waals surface area (Å²) < 4.78 is 28.7. The van der Waals surface area contributed by atoms with Crippen molar-refractivity contribution in [3.63, 3.8) is 0 Å². The molecule has 0 heterocycles. The van der Waals surface area contributed by atoms with E-state index in [2.05, 4.69) is 5.32 Å². The van der Waals surface area contributed by atoms with Crippen molar-refractivity contribution in [2.45, 2.75) is 70.0 Å². The van der Waals surface area contributed by atoms with Gasteiger partial charge in [0.2, 0.25) is 21.8 Å². The third-order valence-corrected chi connectivity index (χ3v) is 9.44. The fraction of sp³-hybridized carbons (Fsp3) is 0.562. The number of hydrogen-bond acceptors (Lipinski definition) is 6. The lowest BCUT2D eigenvalue weighted by atomic mass is 9.94. The van der Waals surface area contributed by atoms with E-state index in [9.17, 15) is 23.1 Å². The molecule has 2 aromatic carbocycles. The first kappa shape index (κ1) is 35.4. The van der Waals surface area contributed by atoms with Crippen LogP contribution in [0.3, 0.4) is 0 Å². The molecule has 0 fully saturated rings. The Hall–Kier alpha value is -2.79. The Labute approximate surface area is 252 Å². The van der Waals surface area contributed by atoms with Gasteiger partial charge in [0.1, 0.15) is 6.04 Å². The molecular weight excluding hydrogens is 552 g/mol. The monoisotopic (exact) mass is 602 g/mol. The van der Waals surface area contributed by atoms with E-state index in [1.807, 2.05) is 58.0 Å². The Balaban J connectivity index is 2.44. The van der Waals surface area contributed by atoms with Gasteiger partial charge in [0.15, 0.2) is 0 Å². The fourth-order valence-electron chi connectivity index (χ4n) is 4.74. The second-order valence-electron chi connectivity index (χ2n) is 11.8. The normalized spacial score (nSPS) is 14.9. The molecule has 1 unspecified atom stereocenters. The minimum Gasteiger partial charge on any atom is -0.390 e. The van der Waals surface area contributed by atoms with Crippen molar-refractivity contribution in [2.75, 3.05) is 40.8 Å². The van der Waals surface area contributed by atoms with Gasteiger partial charge in [-0.1, -0.05) is 82.6 Å². The fourth-order valence-corrected chi connectivity index (χ4v) is 6.24. The summed E-state index contributed by atoms with van der Waals surface area (Å²) in [7, 11) is 1.29. The summed E-state index contributed by atoms with van der Waals surface area (Å²) in [5, 5.41) is 14.6. The minimum absolute atomic E-state index is 0.141. The molecular formula is C32H50N4O5S. The third kappa shape index (κ3) is 10.5. The average molecular weight is 603 g/mol. The molecule has 2 aromatic rings. The van der Waals surface area contributed by atoms with E-state index in [0.717, 1.165) is 5.56 Å². The van der Waals surface area contributed by atoms with E-state index in [1.54, 1.807) is 56.4 Å². The summed E-state index contributed by atoms with van der Waals surface area (Å²) in [5.74, 6) is -0.485. The van der Waals surface area contributed by atoms with Crippen LogP contribution < -0.4 is 5.32 Å². The average Bonchev–Trinajstić information content (AvgIpc) is 2.95. The maximum atomic E-state index is 14.0. The van der Waals surface area contributed by atoms with Gasteiger partial charge in [-0.2, -0.15) is 4.31 Å². The molecule has 10 heteroatoms. The number of nitrogens with zero attached hydrogens (tertiary/aromatic N) is 3. The van der Waals surface area contributed by atoms with Crippen LogP contribution in [-0.4, -0.2) is 98.4 Å². The van der Waals surface area contributed by atoms with Gasteiger partial charge in [0, 0.05) is 20.1 Å². The molecule has 42 heavy (non-hydrogen) atoms. The van der Waals surface area contributed by atoms with Crippen LogP contribution in [0.2, 0.25) is 0 Å². The van der Waals surface area contributed by atoms with E-state index in [1.165, 1.54) is 9.21 Å². The van der Waals surface area contributed by atoms with E-state index in [4.69, 9.17) is 0 Å². The number of aliphatic hydroxyl groups is 1. The van der Waals surface area contributed by atoms with Crippen LogP contribution in [0.4, 0.5) is 0 Å². The third-order valence-electron chi connectivity index (χ3n) is 7.56. The molecule has 0 bridgehead atoms. The van der Waals surface area contributed by atoms with Crippen molar-refractivity contribution in [3.8, 4) is 0 Å². The molecule has 0 aliphatic carbocycles. The Morgan fingerprint density at radius 2 is 1.50 bits per heavy atom. The number of sulfonamides is 1. The number of rotatable bonds is 17. The number of aliphatic hydroxyl groups excluding tert-OH is 1. The zero-order chi connectivity index (χ0) is 31.4. The Morgan fingerprint density at radius 3 is 2.02 bits per heavy atom. The molecule has 0 aliphatic rings. The van der Waals surface area contributed by atoms with Gasteiger partial charge in [0.05, 0.1) is 23.6 Å². The Kier molecular flexibility index (Phi) is 14.1. The number of hydrogen-bond donors (Lipinski definition) is 2. The van der Waals surface area contributed by atoms with Gasteiger partial charge in [-0.15, -0.1) is 0 Å². The molecule has 234 valence electrons. The highest BCUT2D eigenvalue weighted by Gasteiger charge is 2.37. The summed E-state index contributed by atoms with van der Waals surface area (Å²) in [4.78, 5) is 30.0. The number of nitrogens with one attached hydrogen (secondary N) is 1. The number of benzene rings is 2.